The first-order valence-electron chi connectivity index (χ1n) is 10.2. The summed E-state index contributed by atoms with van der Waals surface area (Å²) >= 11 is 0. The van der Waals surface area contributed by atoms with Crippen LogP contribution in [0.1, 0.15) is 47.2 Å². The number of carbonyl (C=O) groups is 3. The predicted octanol–water partition coefficient (Wildman–Crippen LogP) is 0.306. The van der Waals surface area contributed by atoms with Crippen molar-refractivity contribution in [3.63, 3.8) is 0 Å². The van der Waals surface area contributed by atoms with Gasteiger partial charge in [-0.25, -0.2) is 0 Å². The first-order chi connectivity index (χ1) is 14.0. The Labute approximate surface area is 170 Å². The number of hydrogen-bond acceptors (Lipinski definition) is 6. The van der Waals surface area contributed by atoms with Crippen molar-refractivity contribution >= 4 is 17.7 Å². The van der Waals surface area contributed by atoms with Gasteiger partial charge in [-0.3, -0.25) is 19.7 Å². The van der Waals surface area contributed by atoms with Crippen LogP contribution in [0.15, 0.2) is 18.2 Å². The molecule has 4 rings (SSSR count). The van der Waals surface area contributed by atoms with E-state index in [1.54, 1.807) is 12.0 Å². The van der Waals surface area contributed by atoms with Gasteiger partial charge in [0.15, 0.2) is 0 Å². The summed E-state index contributed by atoms with van der Waals surface area (Å²) in [5.74, 6) is -0.782. The molecule has 3 aliphatic heterocycles. The topological polar surface area (TPSA) is 99.8 Å². The van der Waals surface area contributed by atoms with E-state index in [-0.39, 0.29) is 29.7 Å². The minimum absolute atomic E-state index is 0.129. The molecule has 0 radical (unpaired) electrons. The fourth-order valence-corrected chi connectivity index (χ4v) is 4.60. The summed E-state index contributed by atoms with van der Waals surface area (Å²) in [6.45, 7) is 3.57. The van der Waals surface area contributed by atoms with E-state index >= 15 is 0 Å². The Morgan fingerprint density at radius 2 is 2.03 bits per heavy atom. The highest BCUT2D eigenvalue weighted by molar-refractivity contribution is 6.05. The molecule has 3 N–H and O–H groups in total. The second kappa shape index (κ2) is 8.22. The van der Waals surface area contributed by atoms with Crippen molar-refractivity contribution in [1.29, 1.82) is 0 Å². The standard InChI is InChI=1S/C21H28N4O4/c1-29-21(7-9-22-10-8-21)13-23-11-14-3-2-4-15-12-25(20(28)18(14)15)16-5-6-17(26)24-19(16)27/h2-4,16,22-23H,5-13H2,1H3,(H,24,26,27). The van der Waals surface area contributed by atoms with Crippen LogP contribution in [0.4, 0.5) is 0 Å². The monoisotopic (exact) mass is 400 g/mol. The summed E-state index contributed by atoms with van der Waals surface area (Å²) in [5.41, 5.74) is 2.37. The van der Waals surface area contributed by atoms with Crippen molar-refractivity contribution in [2.75, 3.05) is 26.7 Å². The normalized spacial score (nSPS) is 23.8. The van der Waals surface area contributed by atoms with Crippen molar-refractivity contribution in [2.45, 2.75) is 50.4 Å². The van der Waals surface area contributed by atoms with Gasteiger partial charge >= 0.3 is 0 Å². The highest BCUT2D eigenvalue weighted by Gasteiger charge is 2.40. The van der Waals surface area contributed by atoms with Gasteiger partial charge in [0.05, 0.1) is 5.60 Å². The molecule has 0 spiro atoms. The Hall–Kier alpha value is -2.29. The molecule has 0 aliphatic carbocycles. The van der Waals surface area contributed by atoms with Gasteiger partial charge in [-0.2, -0.15) is 0 Å². The molecule has 0 bridgehead atoms. The number of fused-ring (bicyclic) bond motifs is 1. The van der Waals surface area contributed by atoms with Crippen LogP contribution in [0.5, 0.6) is 0 Å². The van der Waals surface area contributed by atoms with E-state index in [9.17, 15) is 14.4 Å². The number of imide groups is 1. The maximum atomic E-state index is 13.1. The highest BCUT2D eigenvalue weighted by atomic mass is 16.5. The number of nitrogens with zero attached hydrogens (tertiary/aromatic N) is 1. The molecule has 29 heavy (non-hydrogen) atoms. The van der Waals surface area contributed by atoms with Crippen LogP contribution in [0.2, 0.25) is 0 Å². The Morgan fingerprint density at radius 1 is 1.24 bits per heavy atom. The largest absolute Gasteiger partial charge is 0.377 e. The van der Waals surface area contributed by atoms with E-state index < -0.39 is 6.04 Å². The van der Waals surface area contributed by atoms with Crippen LogP contribution >= 0.6 is 0 Å². The Morgan fingerprint density at radius 3 is 2.76 bits per heavy atom. The number of benzene rings is 1. The van der Waals surface area contributed by atoms with Crippen LogP contribution in [-0.4, -0.2) is 61.0 Å². The number of amides is 3. The first-order valence-corrected chi connectivity index (χ1v) is 10.2. The summed E-state index contributed by atoms with van der Waals surface area (Å²) in [4.78, 5) is 38.4. The lowest BCUT2D eigenvalue weighted by molar-refractivity contribution is -0.136. The summed E-state index contributed by atoms with van der Waals surface area (Å²) in [7, 11) is 1.76. The van der Waals surface area contributed by atoms with Crippen molar-refractivity contribution in [3.05, 3.63) is 34.9 Å². The van der Waals surface area contributed by atoms with E-state index in [0.717, 1.165) is 43.6 Å². The van der Waals surface area contributed by atoms with Crippen LogP contribution in [0.25, 0.3) is 0 Å². The first kappa shape index (κ1) is 20.0. The summed E-state index contributed by atoms with van der Waals surface area (Å²) in [5, 5.41) is 9.17. The number of methoxy groups -OCH3 is 1. The smallest absolute Gasteiger partial charge is 0.255 e. The molecule has 156 valence electrons. The van der Waals surface area contributed by atoms with Gasteiger partial charge in [-0.1, -0.05) is 18.2 Å². The quantitative estimate of drug-likeness (QED) is 0.594. The minimum Gasteiger partial charge on any atom is -0.377 e. The van der Waals surface area contributed by atoms with Gasteiger partial charge in [-0.05, 0) is 43.5 Å². The average molecular weight is 400 g/mol. The molecule has 1 atom stereocenters. The van der Waals surface area contributed by atoms with Gasteiger partial charge in [0.2, 0.25) is 11.8 Å². The molecule has 1 aromatic carbocycles. The van der Waals surface area contributed by atoms with Gasteiger partial charge in [-0.15, -0.1) is 0 Å². The zero-order valence-electron chi connectivity index (χ0n) is 16.8. The number of ether oxygens (including phenoxy) is 1. The van der Waals surface area contributed by atoms with Crippen LogP contribution < -0.4 is 16.0 Å². The molecule has 8 heteroatoms. The molecule has 2 saturated heterocycles. The Bertz CT molecular complexity index is 819. The Balaban J connectivity index is 1.45. The molecule has 3 heterocycles. The third-order valence-electron chi connectivity index (χ3n) is 6.35. The number of piperidine rings is 2. The van der Waals surface area contributed by atoms with Gasteiger partial charge < -0.3 is 20.3 Å². The van der Waals surface area contributed by atoms with E-state index in [4.69, 9.17) is 4.74 Å². The van der Waals surface area contributed by atoms with E-state index in [1.165, 1.54) is 0 Å². The molecule has 0 saturated carbocycles. The number of carbonyl (C=O) groups excluding carboxylic acids is 3. The average Bonchev–Trinajstić information content (AvgIpc) is 3.06. The van der Waals surface area contributed by atoms with Crippen molar-refractivity contribution in [2.24, 2.45) is 0 Å². The molecule has 0 aromatic heterocycles. The fraction of sp³-hybridized carbons (Fsp3) is 0.571. The van der Waals surface area contributed by atoms with E-state index in [0.29, 0.717) is 25.1 Å². The maximum Gasteiger partial charge on any atom is 0.255 e. The van der Waals surface area contributed by atoms with Crippen LogP contribution in [-0.2, 0) is 27.4 Å². The molecule has 1 unspecified atom stereocenters. The molecule has 1 aromatic rings. The molecule has 2 fully saturated rings. The second-order valence-electron chi connectivity index (χ2n) is 8.09. The lowest BCUT2D eigenvalue weighted by Gasteiger charge is -2.36. The van der Waals surface area contributed by atoms with Crippen LogP contribution in [0.3, 0.4) is 0 Å². The Kier molecular flexibility index (Phi) is 5.67. The number of hydrogen-bond donors (Lipinski definition) is 3. The molecule has 3 amide bonds. The minimum atomic E-state index is -0.583. The third kappa shape index (κ3) is 3.92. The summed E-state index contributed by atoms with van der Waals surface area (Å²) in [6, 6.07) is 5.26. The lowest BCUT2D eigenvalue weighted by Crippen LogP contribution is -2.52. The number of rotatable bonds is 6. The molecular weight excluding hydrogens is 372 g/mol. The molecule has 3 aliphatic rings. The fourth-order valence-electron chi connectivity index (χ4n) is 4.60. The third-order valence-corrected chi connectivity index (χ3v) is 6.35. The zero-order valence-corrected chi connectivity index (χ0v) is 16.8. The highest BCUT2D eigenvalue weighted by Crippen LogP contribution is 2.30. The lowest BCUT2D eigenvalue weighted by atomic mass is 9.92. The maximum absolute atomic E-state index is 13.1. The van der Waals surface area contributed by atoms with Crippen molar-refractivity contribution < 1.29 is 19.1 Å². The predicted molar refractivity (Wildman–Crippen MR) is 106 cm³/mol. The van der Waals surface area contributed by atoms with Gasteiger partial charge in [0, 0.05) is 38.7 Å². The van der Waals surface area contributed by atoms with Gasteiger partial charge in [0.25, 0.3) is 5.91 Å². The summed E-state index contributed by atoms with van der Waals surface area (Å²) < 4.78 is 5.80. The van der Waals surface area contributed by atoms with E-state index in [2.05, 4.69) is 16.0 Å². The molecular formula is C21H28N4O4. The molecule has 8 nitrogen and oxygen atoms in total. The SMILES string of the molecule is COC1(CNCc2cccc3c2C(=O)N(C2CCC(=O)NC2=O)C3)CCNCC1. The van der Waals surface area contributed by atoms with Crippen molar-refractivity contribution in [1.82, 2.24) is 20.9 Å². The van der Waals surface area contributed by atoms with E-state index in [1.807, 2.05) is 18.2 Å². The number of nitrogens with one attached hydrogen (secondary N) is 3. The zero-order chi connectivity index (χ0) is 20.4. The van der Waals surface area contributed by atoms with Crippen LogP contribution in [0, 0.1) is 0 Å². The van der Waals surface area contributed by atoms with Gasteiger partial charge in [0.1, 0.15) is 6.04 Å². The second-order valence-corrected chi connectivity index (χ2v) is 8.09. The summed E-state index contributed by atoms with van der Waals surface area (Å²) in [6.07, 6.45) is 2.54. The van der Waals surface area contributed by atoms with Crippen molar-refractivity contribution in [3.8, 4) is 0 Å².